The van der Waals surface area contributed by atoms with Gasteiger partial charge in [-0.15, -0.1) is 0 Å². The molecule has 0 aliphatic heterocycles. The highest BCUT2D eigenvalue weighted by Crippen LogP contribution is 2.22. The van der Waals surface area contributed by atoms with Gasteiger partial charge in [0.1, 0.15) is 11.5 Å². The highest BCUT2D eigenvalue weighted by Gasteiger charge is 2.04. The van der Waals surface area contributed by atoms with E-state index in [0.29, 0.717) is 18.8 Å². The Morgan fingerprint density at radius 2 is 2.19 bits per heavy atom. The minimum Gasteiger partial charge on any atom is -0.507 e. The van der Waals surface area contributed by atoms with Crippen LogP contribution < -0.4 is 10.1 Å². The molecule has 0 aromatic heterocycles. The van der Waals surface area contributed by atoms with Crippen molar-refractivity contribution in [3.8, 4) is 11.5 Å². The minimum atomic E-state index is -0.333. The second-order valence-electron chi connectivity index (χ2n) is 3.69. The molecule has 0 fully saturated rings. The third-order valence-corrected chi connectivity index (χ3v) is 2.46. The van der Waals surface area contributed by atoms with Crippen molar-refractivity contribution in [2.75, 3.05) is 13.7 Å². The molecule has 3 N–H and O–H groups in total. The lowest BCUT2D eigenvalue weighted by molar-refractivity contribution is 0.167. The fourth-order valence-electron chi connectivity index (χ4n) is 1.34. The van der Waals surface area contributed by atoms with Gasteiger partial charge in [-0.2, -0.15) is 0 Å². The average Bonchev–Trinajstić information content (AvgIpc) is 2.30. The molecule has 0 radical (unpaired) electrons. The predicted molar refractivity (Wildman–Crippen MR) is 62.7 cm³/mol. The molecule has 4 heteroatoms. The van der Waals surface area contributed by atoms with Gasteiger partial charge in [-0.25, -0.2) is 0 Å². The van der Waals surface area contributed by atoms with Gasteiger partial charge in [-0.1, -0.05) is 13.0 Å². The van der Waals surface area contributed by atoms with Gasteiger partial charge in [-0.3, -0.25) is 0 Å². The molecule has 16 heavy (non-hydrogen) atoms. The molecule has 1 rings (SSSR count). The van der Waals surface area contributed by atoms with Gasteiger partial charge in [-0.05, 0) is 12.5 Å². The van der Waals surface area contributed by atoms with Crippen LogP contribution in [0.4, 0.5) is 0 Å². The lowest BCUT2D eigenvalue weighted by atomic mass is 10.2. The first-order chi connectivity index (χ1) is 7.67. The van der Waals surface area contributed by atoms with Gasteiger partial charge in [0, 0.05) is 24.7 Å². The Morgan fingerprint density at radius 1 is 1.44 bits per heavy atom. The first-order valence-corrected chi connectivity index (χ1v) is 5.42. The van der Waals surface area contributed by atoms with E-state index in [-0.39, 0.29) is 11.9 Å². The summed E-state index contributed by atoms with van der Waals surface area (Å²) in [6.45, 7) is 2.99. The van der Waals surface area contributed by atoms with E-state index in [1.807, 2.05) is 6.92 Å². The van der Waals surface area contributed by atoms with Gasteiger partial charge in [0.25, 0.3) is 0 Å². The third-order valence-electron chi connectivity index (χ3n) is 2.46. The van der Waals surface area contributed by atoms with Crippen molar-refractivity contribution in [3.05, 3.63) is 23.8 Å². The molecule has 1 atom stereocenters. The average molecular weight is 225 g/mol. The van der Waals surface area contributed by atoms with Crippen molar-refractivity contribution in [3.63, 3.8) is 0 Å². The fourth-order valence-corrected chi connectivity index (χ4v) is 1.34. The molecular weight excluding hydrogens is 206 g/mol. The van der Waals surface area contributed by atoms with E-state index in [1.165, 1.54) is 0 Å². The Kier molecular flexibility index (Phi) is 5.08. The van der Waals surface area contributed by atoms with E-state index in [9.17, 15) is 10.2 Å². The molecule has 1 aromatic carbocycles. The van der Waals surface area contributed by atoms with Crippen LogP contribution in [0.25, 0.3) is 0 Å². The van der Waals surface area contributed by atoms with Crippen LogP contribution in [0.1, 0.15) is 18.9 Å². The standard InChI is InChI=1S/C12H19NO3/c1-3-10(14)8-13-7-9-4-5-11(16-2)6-12(9)15/h4-6,10,13-15H,3,7-8H2,1-2H3. The van der Waals surface area contributed by atoms with Crippen molar-refractivity contribution in [2.24, 2.45) is 0 Å². The van der Waals surface area contributed by atoms with Crippen LogP contribution in [-0.2, 0) is 6.54 Å². The highest BCUT2D eigenvalue weighted by atomic mass is 16.5. The van der Waals surface area contributed by atoms with Crippen LogP contribution in [-0.4, -0.2) is 30.0 Å². The number of aliphatic hydroxyl groups is 1. The molecule has 0 spiro atoms. The monoisotopic (exact) mass is 225 g/mol. The molecule has 1 unspecified atom stereocenters. The SMILES string of the molecule is CCC(O)CNCc1ccc(OC)cc1O. The van der Waals surface area contributed by atoms with Crippen LogP contribution in [0.3, 0.4) is 0 Å². The fraction of sp³-hybridized carbons (Fsp3) is 0.500. The van der Waals surface area contributed by atoms with Crippen LogP contribution in [0.2, 0.25) is 0 Å². The summed E-state index contributed by atoms with van der Waals surface area (Å²) in [6, 6.07) is 5.18. The van der Waals surface area contributed by atoms with E-state index in [1.54, 1.807) is 25.3 Å². The quantitative estimate of drug-likeness (QED) is 0.682. The molecule has 0 amide bonds. The number of ether oxygens (including phenoxy) is 1. The summed E-state index contributed by atoms with van der Waals surface area (Å²) in [4.78, 5) is 0. The predicted octanol–water partition coefficient (Wildman–Crippen LogP) is 1.26. The van der Waals surface area contributed by atoms with Gasteiger partial charge in [0.2, 0.25) is 0 Å². The zero-order chi connectivity index (χ0) is 12.0. The second kappa shape index (κ2) is 6.35. The maximum atomic E-state index is 9.66. The van der Waals surface area contributed by atoms with Gasteiger partial charge in [0.15, 0.2) is 0 Å². The summed E-state index contributed by atoms with van der Waals surface area (Å²) >= 11 is 0. The van der Waals surface area contributed by atoms with Crippen molar-refractivity contribution >= 4 is 0 Å². The molecule has 0 bridgehead atoms. The Bertz CT molecular complexity index is 328. The number of phenolic OH excluding ortho intramolecular Hbond substituents is 1. The molecule has 0 aliphatic rings. The zero-order valence-corrected chi connectivity index (χ0v) is 9.73. The highest BCUT2D eigenvalue weighted by molar-refractivity contribution is 5.39. The lowest BCUT2D eigenvalue weighted by Gasteiger charge is -2.11. The molecule has 1 aromatic rings. The number of hydrogen-bond acceptors (Lipinski definition) is 4. The molecule has 90 valence electrons. The van der Waals surface area contributed by atoms with E-state index >= 15 is 0 Å². The van der Waals surface area contributed by atoms with Gasteiger partial charge < -0.3 is 20.3 Å². The second-order valence-corrected chi connectivity index (χ2v) is 3.69. The molecule has 0 saturated heterocycles. The van der Waals surface area contributed by atoms with Crippen molar-refractivity contribution in [1.82, 2.24) is 5.32 Å². The van der Waals surface area contributed by atoms with Crippen molar-refractivity contribution in [1.29, 1.82) is 0 Å². The van der Waals surface area contributed by atoms with E-state index in [4.69, 9.17) is 4.74 Å². The lowest BCUT2D eigenvalue weighted by Crippen LogP contribution is -2.25. The summed E-state index contributed by atoms with van der Waals surface area (Å²) in [5, 5.41) is 22.1. The normalized spacial score (nSPS) is 12.4. The number of rotatable bonds is 6. The van der Waals surface area contributed by atoms with E-state index in [2.05, 4.69) is 5.32 Å². The van der Waals surface area contributed by atoms with Crippen molar-refractivity contribution in [2.45, 2.75) is 26.0 Å². The molecule has 0 heterocycles. The number of hydrogen-bond donors (Lipinski definition) is 3. The number of aromatic hydroxyl groups is 1. The number of phenols is 1. The van der Waals surface area contributed by atoms with Crippen LogP contribution in [0.5, 0.6) is 11.5 Å². The first kappa shape index (κ1) is 12.8. The number of nitrogens with one attached hydrogen (secondary N) is 1. The van der Waals surface area contributed by atoms with Crippen LogP contribution in [0, 0.1) is 0 Å². The van der Waals surface area contributed by atoms with Gasteiger partial charge >= 0.3 is 0 Å². The maximum absolute atomic E-state index is 9.66. The largest absolute Gasteiger partial charge is 0.507 e. The summed E-state index contributed by atoms with van der Waals surface area (Å²) in [5.41, 5.74) is 0.795. The van der Waals surface area contributed by atoms with Gasteiger partial charge in [0.05, 0.1) is 13.2 Å². The van der Waals surface area contributed by atoms with Crippen LogP contribution in [0.15, 0.2) is 18.2 Å². The Balaban J connectivity index is 2.48. The molecule has 0 saturated carbocycles. The minimum absolute atomic E-state index is 0.206. The molecular formula is C12H19NO3. The molecule has 0 aliphatic carbocycles. The zero-order valence-electron chi connectivity index (χ0n) is 9.73. The Labute approximate surface area is 95.9 Å². The maximum Gasteiger partial charge on any atom is 0.123 e. The van der Waals surface area contributed by atoms with E-state index in [0.717, 1.165) is 12.0 Å². The summed E-state index contributed by atoms with van der Waals surface area (Å²) in [5.74, 6) is 0.840. The Hall–Kier alpha value is -1.26. The van der Waals surface area contributed by atoms with Crippen molar-refractivity contribution < 1.29 is 14.9 Å². The number of benzene rings is 1. The van der Waals surface area contributed by atoms with E-state index < -0.39 is 0 Å². The smallest absolute Gasteiger partial charge is 0.123 e. The number of aliphatic hydroxyl groups excluding tert-OH is 1. The molecule has 4 nitrogen and oxygen atoms in total. The summed E-state index contributed by atoms with van der Waals surface area (Å²) < 4.78 is 4.99. The Morgan fingerprint density at radius 3 is 2.75 bits per heavy atom. The summed E-state index contributed by atoms with van der Waals surface area (Å²) in [6.07, 6.45) is 0.391. The first-order valence-electron chi connectivity index (χ1n) is 5.42. The van der Waals surface area contributed by atoms with Crippen LogP contribution >= 0.6 is 0 Å². The topological polar surface area (TPSA) is 61.7 Å². The summed E-state index contributed by atoms with van der Waals surface area (Å²) in [7, 11) is 1.56. The third kappa shape index (κ3) is 3.72. The number of methoxy groups -OCH3 is 1.